The molecule has 0 radical (unpaired) electrons. The second-order valence-corrected chi connectivity index (χ2v) is 12.1. The van der Waals surface area contributed by atoms with Gasteiger partial charge < -0.3 is 14.0 Å². The van der Waals surface area contributed by atoms with Crippen molar-refractivity contribution < 1.29 is 32.8 Å². The predicted octanol–water partition coefficient (Wildman–Crippen LogP) is 7.72. The van der Waals surface area contributed by atoms with E-state index in [1.807, 2.05) is 56.3 Å². The molecule has 3 nitrogen and oxygen atoms in total. The smallest absolute Gasteiger partial charge is 0.648 e. The molecule has 0 saturated heterocycles. The Kier molecular flexibility index (Phi) is 8.62. The van der Waals surface area contributed by atoms with Crippen molar-refractivity contribution in [1.29, 1.82) is 0 Å². The van der Waals surface area contributed by atoms with Crippen molar-refractivity contribution in [2.75, 3.05) is 0 Å². The third-order valence-electron chi connectivity index (χ3n) is 8.59. The monoisotopic (exact) mass is 614 g/mol. The molecule has 1 heterocycles. The van der Waals surface area contributed by atoms with E-state index in [-0.39, 0.29) is 25.0 Å². The van der Waals surface area contributed by atoms with E-state index in [9.17, 15) is 0 Å². The van der Waals surface area contributed by atoms with Crippen LogP contribution in [0.4, 0.5) is 0 Å². The molecule has 0 aliphatic carbocycles. The topological polar surface area (TPSA) is 27.7 Å². The molecule has 0 amide bonds. The Hall–Kier alpha value is -5.16. The Labute approximate surface area is 293 Å². The van der Waals surface area contributed by atoms with Crippen LogP contribution in [0.15, 0.2) is 152 Å². The van der Waals surface area contributed by atoms with Crippen LogP contribution in [-0.4, -0.2) is 12.9 Å². The fourth-order valence-electron chi connectivity index (χ4n) is 6.60. The molecule has 0 saturated carbocycles. The van der Waals surface area contributed by atoms with Gasteiger partial charge in [-0.25, -0.2) is 0 Å². The van der Waals surface area contributed by atoms with Crippen LogP contribution in [0.2, 0.25) is 0 Å². The molecule has 7 aromatic carbocycles. The fraction of sp³-hybridized carbons (Fsp3) is 0.0698. The number of fused-ring (bicyclic) bond motifs is 7. The largest absolute Gasteiger partial charge is 1.00 e. The first-order valence-corrected chi connectivity index (χ1v) is 16.1. The summed E-state index contributed by atoms with van der Waals surface area (Å²) in [5, 5.41) is 4.34. The Morgan fingerprint density at radius 3 is 1.42 bits per heavy atom. The molecule has 7 aromatic rings. The van der Waals surface area contributed by atoms with E-state index >= 15 is 0 Å². The summed E-state index contributed by atoms with van der Waals surface area (Å²) in [7, 11) is 0. The molecule has 0 unspecified atom stereocenters. The molecule has 0 spiro atoms. The Morgan fingerprint density at radius 1 is 0.542 bits per heavy atom. The average Bonchev–Trinajstić information content (AvgIpc) is 3.26. The summed E-state index contributed by atoms with van der Waals surface area (Å²) in [6, 6.07) is 52.0. The summed E-state index contributed by atoms with van der Waals surface area (Å²) < 4.78 is 21.2. The van der Waals surface area contributed by atoms with Crippen molar-refractivity contribution in [1.82, 2.24) is 0 Å². The van der Waals surface area contributed by atoms with Gasteiger partial charge in [0.05, 0.1) is 11.5 Å². The van der Waals surface area contributed by atoms with Crippen molar-refractivity contribution in [2.24, 2.45) is 0 Å². The maximum atomic E-state index is 7.24. The van der Waals surface area contributed by atoms with Gasteiger partial charge in [-0.3, -0.25) is 0 Å². The molecule has 8 rings (SSSR count). The van der Waals surface area contributed by atoms with E-state index in [1.165, 1.54) is 0 Å². The number of hydrogen-bond donors (Lipinski definition) is 0. The van der Waals surface area contributed by atoms with Gasteiger partial charge >= 0.3 is 25.6 Å². The molecule has 0 N–H and O–H groups in total. The molecule has 0 atom stereocenters. The van der Waals surface area contributed by atoms with Gasteiger partial charge in [0.1, 0.15) is 0 Å². The maximum absolute atomic E-state index is 7.24. The third-order valence-corrected chi connectivity index (χ3v) is 8.59. The summed E-state index contributed by atoms with van der Waals surface area (Å²) in [4.78, 5) is 0. The minimum Gasteiger partial charge on any atom is -0.648 e. The fourth-order valence-corrected chi connectivity index (χ4v) is 6.60. The second-order valence-electron chi connectivity index (χ2n) is 12.1. The summed E-state index contributed by atoms with van der Waals surface area (Å²) in [5.74, 6) is 8.12. The first kappa shape index (κ1) is 31.4. The minimum absolute atomic E-state index is 0. The molecule has 5 heteroatoms. The van der Waals surface area contributed by atoms with Crippen molar-refractivity contribution in [3.8, 4) is 56.6 Å². The van der Waals surface area contributed by atoms with Crippen molar-refractivity contribution >= 4 is 28.3 Å². The Balaban J connectivity index is 0.00000364. The van der Waals surface area contributed by atoms with Gasteiger partial charge in [0.25, 0.3) is 0 Å². The molecule has 0 bridgehead atoms. The third kappa shape index (κ3) is 5.79. The van der Waals surface area contributed by atoms with Crippen molar-refractivity contribution in [3.05, 3.63) is 157 Å². The zero-order valence-electron chi connectivity index (χ0n) is 27.3. The van der Waals surface area contributed by atoms with E-state index in [2.05, 4.69) is 121 Å². The Bertz CT molecular complexity index is 2180. The SMILES string of the molecule is CC(C)O[B-]1(C#Cc2ccccc2)Oc2c(-c3ccccc3)cc3ccccc3c2-c2c(c(-c3ccccc3)cc3ccccc23)O1.[Li+]. The first-order chi connectivity index (χ1) is 23.1. The minimum atomic E-state index is -2.71. The molecule has 1 aliphatic heterocycles. The van der Waals surface area contributed by atoms with Crippen LogP contribution >= 0.6 is 0 Å². The molecule has 1 aliphatic rings. The van der Waals surface area contributed by atoms with Gasteiger partial charge in [-0.15, -0.1) is 5.92 Å². The summed E-state index contributed by atoms with van der Waals surface area (Å²) in [5.41, 5.74) is 6.74. The summed E-state index contributed by atoms with van der Waals surface area (Å²) >= 11 is 0. The van der Waals surface area contributed by atoms with Crippen LogP contribution in [0.3, 0.4) is 0 Å². The summed E-state index contributed by atoms with van der Waals surface area (Å²) in [6.07, 6.45) is -0.244. The maximum Gasteiger partial charge on any atom is 1.00 e. The normalized spacial score (nSPS) is 12.8. The molecular weight excluding hydrogens is 582 g/mol. The van der Waals surface area contributed by atoms with Gasteiger partial charge in [0, 0.05) is 33.9 Å². The van der Waals surface area contributed by atoms with E-state index in [4.69, 9.17) is 14.0 Å². The average molecular weight is 614 g/mol. The van der Waals surface area contributed by atoms with Crippen LogP contribution in [0.5, 0.6) is 11.5 Å². The zero-order valence-corrected chi connectivity index (χ0v) is 27.3. The van der Waals surface area contributed by atoms with Crippen LogP contribution < -0.4 is 28.2 Å². The first-order valence-electron chi connectivity index (χ1n) is 16.1. The molecule has 0 fully saturated rings. The van der Waals surface area contributed by atoms with E-state index in [0.717, 1.165) is 60.5 Å². The number of rotatable bonds is 4. The van der Waals surface area contributed by atoms with Gasteiger partial charge in [-0.2, -0.15) is 5.82 Å². The Morgan fingerprint density at radius 2 is 0.958 bits per heavy atom. The second kappa shape index (κ2) is 13.2. The standard InChI is InChI=1S/C43H32BO3.Li/c1-30(2)45-44(27-26-31-16-6-3-7-17-31)46-42-38(32-18-8-4-9-19-32)28-34-22-12-14-24-36(34)40(42)41-37-25-15-13-23-35(37)29-39(43(41)47-44)33-20-10-5-11-21-33;/h3-25,28-30H,1-2H3;/q-1;+1. The van der Waals surface area contributed by atoms with E-state index < -0.39 is 6.75 Å². The zero-order chi connectivity index (χ0) is 31.8. The van der Waals surface area contributed by atoms with Crippen LogP contribution in [0.1, 0.15) is 19.4 Å². The predicted molar refractivity (Wildman–Crippen MR) is 194 cm³/mol. The quantitative estimate of drug-likeness (QED) is 0.150. The molecule has 0 aromatic heterocycles. The van der Waals surface area contributed by atoms with Gasteiger partial charge in [0.2, 0.25) is 0 Å². The van der Waals surface area contributed by atoms with Crippen molar-refractivity contribution in [3.63, 3.8) is 0 Å². The van der Waals surface area contributed by atoms with Crippen LogP contribution in [0.25, 0.3) is 54.9 Å². The van der Waals surface area contributed by atoms with E-state index in [1.54, 1.807) is 0 Å². The van der Waals surface area contributed by atoms with Crippen LogP contribution in [-0.2, 0) is 4.65 Å². The van der Waals surface area contributed by atoms with Crippen molar-refractivity contribution in [2.45, 2.75) is 20.0 Å². The summed E-state index contributed by atoms with van der Waals surface area (Å²) in [6.45, 7) is 1.27. The molecule has 48 heavy (non-hydrogen) atoms. The number of benzene rings is 7. The van der Waals surface area contributed by atoms with Gasteiger partial charge in [0.15, 0.2) is 0 Å². The number of hydrogen-bond acceptors (Lipinski definition) is 3. The van der Waals surface area contributed by atoms with Gasteiger partial charge in [-0.05, 0) is 70.8 Å². The molecule has 226 valence electrons. The van der Waals surface area contributed by atoms with Gasteiger partial charge in [-0.1, -0.05) is 127 Å². The van der Waals surface area contributed by atoms with E-state index in [0.29, 0.717) is 11.5 Å². The molecular formula is C43H32BLiO3. The van der Waals surface area contributed by atoms with Crippen LogP contribution in [0, 0.1) is 11.7 Å².